The zero-order valence-electron chi connectivity index (χ0n) is 16.6. The Bertz CT molecular complexity index is 789. The van der Waals surface area contributed by atoms with Gasteiger partial charge in [-0.3, -0.25) is 9.59 Å². The van der Waals surface area contributed by atoms with Crippen molar-refractivity contribution in [1.82, 2.24) is 0 Å². The average Bonchev–Trinajstić information content (AvgIpc) is 2.64. The van der Waals surface area contributed by atoms with Crippen LogP contribution < -0.4 is 14.5 Å². The molecule has 0 radical (unpaired) electrons. The van der Waals surface area contributed by atoms with Crippen molar-refractivity contribution < 1.29 is 14.3 Å². The van der Waals surface area contributed by atoms with Crippen LogP contribution in [0.2, 0.25) is 0 Å². The van der Waals surface area contributed by atoms with Crippen LogP contribution in [0.15, 0.2) is 48.5 Å². The van der Waals surface area contributed by atoms with E-state index in [2.05, 4.69) is 0 Å². The lowest BCUT2D eigenvalue weighted by Crippen LogP contribution is -2.36. The van der Waals surface area contributed by atoms with E-state index in [4.69, 9.17) is 4.74 Å². The number of carbonyl (C=O) groups excluding carboxylic acids is 2. The topological polar surface area (TPSA) is 49.9 Å². The van der Waals surface area contributed by atoms with Crippen molar-refractivity contribution in [2.24, 2.45) is 0 Å². The summed E-state index contributed by atoms with van der Waals surface area (Å²) in [6.07, 6.45) is 0.238. The van der Waals surface area contributed by atoms with Gasteiger partial charge >= 0.3 is 0 Å². The van der Waals surface area contributed by atoms with Crippen molar-refractivity contribution in [2.75, 3.05) is 29.5 Å². The Labute approximate surface area is 161 Å². The molecule has 144 valence electrons. The lowest BCUT2D eigenvalue weighted by molar-refractivity contribution is -0.118. The first-order valence-corrected chi connectivity index (χ1v) is 9.34. The minimum Gasteiger partial charge on any atom is -0.492 e. The Morgan fingerprint density at radius 3 is 2.37 bits per heavy atom. The van der Waals surface area contributed by atoms with E-state index >= 15 is 0 Å². The van der Waals surface area contributed by atoms with Gasteiger partial charge in [0.15, 0.2) is 0 Å². The summed E-state index contributed by atoms with van der Waals surface area (Å²) in [7, 11) is 0. The van der Waals surface area contributed by atoms with Gasteiger partial charge in [0.2, 0.25) is 11.8 Å². The lowest BCUT2D eigenvalue weighted by atomic mass is 10.2. The second kappa shape index (κ2) is 9.76. The normalized spacial score (nSPS) is 10.4. The second-order valence-electron chi connectivity index (χ2n) is 6.30. The van der Waals surface area contributed by atoms with Gasteiger partial charge in [0.1, 0.15) is 5.75 Å². The Balaban J connectivity index is 2.16. The number of nitrogens with zero attached hydrogens (tertiary/aromatic N) is 2. The zero-order valence-corrected chi connectivity index (χ0v) is 16.6. The second-order valence-corrected chi connectivity index (χ2v) is 6.30. The molecule has 5 heteroatoms. The summed E-state index contributed by atoms with van der Waals surface area (Å²) in [4.78, 5) is 28.4. The van der Waals surface area contributed by atoms with Gasteiger partial charge in [-0.1, -0.05) is 24.3 Å². The molecule has 0 unspecified atom stereocenters. The Kier molecular flexibility index (Phi) is 7.41. The first kappa shape index (κ1) is 20.5. The van der Waals surface area contributed by atoms with Crippen LogP contribution in [0.5, 0.6) is 5.75 Å². The summed E-state index contributed by atoms with van der Waals surface area (Å²) in [5, 5.41) is 0. The number of hydrogen-bond donors (Lipinski definition) is 0. The number of rotatable bonds is 8. The molecule has 0 spiro atoms. The van der Waals surface area contributed by atoms with Crippen LogP contribution in [-0.4, -0.2) is 31.5 Å². The molecular formula is C22H28N2O3. The van der Waals surface area contributed by atoms with Crippen molar-refractivity contribution >= 4 is 23.2 Å². The van der Waals surface area contributed by atoms with Gasteiger partial charge in [-0.15, -0.1) is 0 Å². The Morgan fingerprint density at radius 2 is 1.74 bits per heavy atom. The SMILES string of the molecule is CCOc1ccccc1N(CCC(=O)N(CC)c1cccc(C)c1)C(C)=O. The van der Waals surface area contributed by atoms with E-state index in [1.54, 1.807) is 9.80 Å². The fraction of sp³-hybridized carbons (Fsp3) is 0.364. The quantitative estimate of drug-likeness (QED) is 0.702. The predicted octanol–water partition coefficient (Wildman–Crippen LogP) is 4.19. The molecule has 2 aromatic carbocycles. The number of hydrogen-bond acceptors (Lipinski definition) is 3. The number of amides is 2. The molecule has 5 nitrogen and oxygen atoms in total. The molecule has 0 saturated heterocycles. The van der Waals surface area contributed by atoms with Crippen LogP contribution in [0.3, 0.4) is 0 Å². The first-order chi connectivity index (χ1) is 13.0. The smallest absolute Gasteiger partial charge is 0.228 e. The van der Waals surface area contributed by atoms with E-state index in [0.717, 1.165) is 11.3 Å². The van der Waals surface area contributed by atoms with Gasteiger partial charge in [0, 0.05) is 32.1 Å². The highest BCUT2D eigenvalue weighted by molar-refractivity contribution is 5.96. The fourth-order valence-corrected chi connectivity index (χ4v) is 3.05. The molecule has 2 aromatic rings. The first-order valence-electron chi connectivity index (χ1n) is 9.34. The summed E-state index contributed by atoms with van der Waals surface area (Å²) in [6, 6.07) is 15.3. The number of benzene rings is 2. The Hall–Kier alpha value is -2.82. The van der Waals surface area contributed by atoms with Crippen LogP contribution in [0.4, 0.5) is 11.4 Å². The summed E-state index contributed by atoms with van der Waals surface area (Å²) >= 11 is 0. The molecule has 0 aromatic heterocycles. The average molecular weight is 368 g/mol. The molecule has 0 fully saturated rings. The molecule has 0 saturated carbocycles. The third kappa shape index (κ3) is 5.33. The zero-order chi connectivity index (χ0) is 19.8. The highest BCUT2D eigenvalue weighted by Crippen LogP contribution is 2.28. The van der Waals surface area contributed by atoms with Gasteiger partial charge in [-0.2, -0.15) is 0 Å². The number of aryl methyl sites for hydroxylation is 1. The van der Waals surface area contributed by atoms with E-state index in [1.165, 1.54) is 6.92 Å². The van der Waals surface area contributed by atoms with Crippen molar-refractivity contribution in [3.05, 3.63) is 54.1 Å². The molecule has 0 aliphatic rings. The standard InChI is InChI=1S/C22H28N2O3/c1-5-23(19-11-9-10-17(3)16-19)22(26)14-15-24(18(4)25)20-12-7-8-13-21(20)27-6-2/h7-13,16H,5-6,14-15H2,1-4H3. The number of carbonyl (C=O) groups is 2. The molecule has 0 heterocycles. The third-order valence-corrected chi connectivity index (χ3v) is 4.32. The molecule has 2 amide bonds. The molecule has 0 atom stereocenters. The highest BCUT2D eigenvalue weighted by atomic mass is 16.5. The van der Waals surface area contributed by atoms with Gasteiger partial charge in [0.25, 0.3) is 0 Å². The Morgan fingerprint density at radius 1 is 1.00 bits per heavy atom. The van der Waals surface area contributed by atoms with Crippen LogP contribution in [-0.2, 0) is 9.59 Å². The van der Waals surface area contributed by atoms with Crippen LogP contribution >= 0.6 is 0 Å². The predicted molar refractivity (Wildman–Crippen MR) is 109 cm³/mol. The van der Waals surface area contributed by atoms with Gasteiger partial charge in [-0.25, -0.2) is 0 Å². The highest BCUT2D eigenvalue weighted by Gasteiger charge is 2.20. The minimum atomic E-state index is -0.117. The van der Waals surface area contributed by atoms with Gasteiger partial charge in [0.05, 0.1) is 12.3 Å². The maximum absolute atomic E-state index is 12.8. The monoisotopic (exact) mass is 368 g/mol. The molecule has 0 aliphatic carbocycles. The molecule has 0 N–H and O–H groups in total. The van der Waals surface area contributed by atoms with E-state index in [1.807, 2.05) is 69.3 Å². The summed E-state index contributed by atoms with van der Waals surface area (Å²) in [5.41, 5.74) is 2.68. The van der Waals surface area contributed by atoms with Crippen molar-refractivity contribution in [3.63, 3.8) is 0 Å². The number of anilines is 2. The number of ether oxygens (including phenoxy) is 1. The van der Waals surface area contributed by atoms with Crippen molar-refractivity contribution in [3.8, 4) is 5.75 Å². The summed E-state index contributed by atoms with van der Waals surface area (Å²) in [5.74, 6) is 0.519. The van der Waals surface area contributed by atoms with Gasteiger partial charge in [-0.05, 0) is 50.6 Å². The lowest BCUT2D eigenvalue weighted by Gasteiger charge is -2.26. The third-order valence-electron chi connectivity index (χ3n) is 4.32. The summed E-state index contributed by atoms with van der Waals surface area (Å²) in [6.45, 7) is 8.76. The molecule has 0 bridgehead atoms. The van der Waals surface area contributed by atoms with E-state index in [-0.39, 0.29) is 18.2 Å². The molecule has 2 rings (SSSR count). The number of para-hydroxylation sites is 2. The summed E-state index contributed by atoms with van der Waals surface area (Å²) < 4.78 is 5.64. The van der Waals surface area contributed by atoms with Gasteiger partial charge < -0.3 is 14.5 Å². The maximum Gasteiger partial charge on any atom is 0.228 e. The van der Waals surface area contributed by atoms with Crippen LogP contribution in [0.1, 0.15) is 32.8 Å². The van der Waals surface area contributed by atoms with E-state index in [0.29, 0.717) is 31.1 Å². The minimum absolute atomic E-state index is 0.0109. The maximum atomic E-state index is 12.8. The largest absolute Gasteiger partial charge is 0.492 e. The fourth-order valence-electron chi connectivity index (χ4n) is 3.05. The van der Waals surface area contributed by atoms with Crippen LogP contribution in [0.25, 0.3) is 0 Å². The molecule has 0 aliphatic heterocycles. The van der Waals surface area contributed by atoms with Crippen molar-refractivity contribution in [1.29, 1.82) is 0 Å². The van der Waals surface area contributed by atoms with E-state index < -0.39 is 0 Å². The van der Waals surface area contributed by atoms with Crippen LogP contribution in [0, 0.1) is 6.92 Å². The van der Waals surface area contributed by atoms with Crippen molar-refractivity contribution in [2.45, 2.75) is 34.1 Å². The molecular weight excluding hydrogens is 340 g/mol. The van der Waals surface area contributed by atoms with E-state index in [9.17, 15) is 9.59 Å². The molecule has 27 heavy (non-hydrogen) atoms.